The van der Waals surface area contributed by atoms with Crippen molar-refractivity contribution in [3.8, 4) is 11.5 Å². The van der Waals surface area contributed by atoms with E-state index in [1.165, 1.54) is 5.56 Å². The number of hydrogen-bond donors (Lipinski definition) is 1. The van der Waals surface area contributed by atoms with Crippen LogP contribution in [0.5, 0.6) is 11.5 Å². The van der Waals surface area contributed by atoms with Crippen molar-refractivity contribution in [3.63, 3.8) is 0 Å². The molecule has 1 saturated heterocycles. The van der Waals surface area contributed by atoms with Crippen LogP contribution in [0.1, 0.15) is 17.5 Å². The van der Waals surface area contributed by atoms with Crippen LogP contribution in [0.25, 0.3) is 10.9 Å². The molecule has 0 atom stereocenters. The smallest absolute Gasteiger partial charge is 0.158 e. The number of rotatable bonds is 8. The quantitative estimate of drug-likeness (QED) is 0.613. The van der Waals surface area contributed by atoms with E-state index in [4.69, 9.17) is 18.9 Å². The molecule has 0 spiro atoms. The molecule has 0 bridgehead atoms. The maximum atomic E-state index is 5.96. The zero-order valence-electron chi connectivity index (χ0n) is 17.5. The molecule has 0 aliphatic carbocycles. The highest BCUT2D eigenvalue weighted by Gasteiger charge is 2.22. The van der Waals surface area contributed by atoms with E-state index >= 15 is 0 Å². The Morgan fingerprint density at radius 2 is 1.83 bits per heavy atom. The van der Waals surface area contributed by atoms with E-state index < -0.39 is 0 Å². The van der Waals surface area contributed by atoms with Gasteiger partial charge >= 0.3 is 0 Å². The third-order valence-electron chi connectivity index (χ3n) is 5.43. The van der Waals surface area contributed by atoms with Crippen LogP contribution < -0.4 is 14.8 Å². The van der Waals surface area contributed by atoms with Gasteiger partial charge in [0.2, 0.25) is 0 Å². The molecular formula is C24H28N2O4. The van der Waals surface area contributed by atoms with E-state index in [1.54, 1.807) is 14.2 Å². The molecule has 0 unspecified atom stereocenters. The minimum absolute atomic E-state index is 0.164. The van der Waals surface area contributed by atoms with Crippen LogP contribution in [0, 0.1) is 0 Å². The molecule has 0 amide bonds. The molecule has 4 rings (SSSR count). The van der Waals surface area contributed by atoms with Crippen molar-refractivity contribution < 1.29 is 18.9 Å². The molecule has 6 heteroatoms. The molecule has 1 aromatic heterocycles. The van der Waals surface area contributed by atoms with E-state index in [-0.39, 0.29) is 12.3 Å². The lowest BCUT2D eigenvalue weighted by atomic mass is 10.0. The van der Waals surface area contributed by atoms with Gasteiger partial charge < -0.3 is 24.3 Å². The van der Waals surface area contributed by atoms with Gasteiger partial charge in [-0.3, -0.25) is 4.98 Å². The lowest BCUT2D eigenvalue weighted by Gasteiger charge is -2.30. The first-order valence-electron chi connectivity index (χ1n) is 10.3. The summed E-state index contributed by atoms with van der Waals surface area (Å²) in [7, 11) is 3.37. The number of aromatic nitrogens is 1. The molecule has 6 nitrogen and oxygen atoms in total. The van der Waals surface area contributed by atoms with Crippen LogP contribution in [0.15, 0.2) is 54.7 Å². The topological polar surface area (TPSA) is 61.8 Å². The summed E-state index contributed by atoms with van der Waals surface area (Å²) >= 11 is 0. The van der Waals surface area contributed by atoms with Crippen LogP contribution >= 0.6 is 0 Å². The Morgan fingerprint density at radius 1 is 1.00 bits per heavy atom. The maximum Gasteiger partial charge on any atom is 0.158 e. The van der Waals surface area contributed by atoms with E-state index in [0.717, 1.165) is 47.4 Å². The number of ether oxygens (including phenoxy) is 4. The van der Waals surface area contributed by atoms with Crippen molar-refractivity contribution in [2.24, 2.45) is 0 Å². The highest BCUT2D eigenvalue weighted by atomic mass is 16.7. The molecule has 1 aliphatic rings. The van der Waals surface area contributed by atoms with E-state index in [1.807, 2.05) is 42.6 Å². The highest BCUT2D eigenvalue weighted by molar-refractivity contribution is 5.83. The summed E-state index contributed by atoms with van der Waals surface area (Å²) in [5, 5.41) is 4.61. The summed E-state index contributed by atoms with van der Waals surface area (Å²) < 4.78 is 22.7. The number of pyridine rings is 1. The predicted octanol–water partition coefficient (Wildman–Crippen LogP) is 3.72. The summed E-state index contributed by atoms with van der Waals surface area (Å²) in [6.45, 7) is 1.98. The lowest BCUT2D eigenvalue weighted by molar-refractivity contribution is -0.192. The number of methoxy groups -OCH3 is 2. The fourth-order valence-electron chi connectivity index (χ4n) is 3.73. The van der Waals surface area contributed by atoms with Crippen molar-refractivity contribution in [1.82, 2.24) is 10.3 Å². The summed E-state index contributed by atoms with van der Waals surface area (Å²) in [6, 6.07) is 16.2. The van der Waals surface area contributed by atoms with Crippen LogP contribution in [-0.2, 0) is 22.4 Å². The summed E-state index contributed by atoms with van der Waals surface area (Å²) in [5.41, 5.74) is 3.32. The molecule has 1 N–H and O–H groups in total. The largest absolute Gasteiger partial charge is 0.497 e. The number of hydrogen-bond acceptors (Lipinski definition) is 6. The molecule has 0 radical (unpaired) electrons. The van der Waals surface area contributed by atoms with Gasteiger partial charge in [-0.2, -0.15) is 0 Å². The van der Waals surface area contributed by atoms with Crippen LogP contribution in [0.2, 0.25) is 0 Å². The third-order valence-corrected chi connectivity index (χ3v) is 5.43. The van der Waals surface area contributed by atoms with Gasteiger partial charge in [-0.15, -0.1) is 0 Å². The minimum atomic E-state index is -0.192. The first kappa shape index (κ1) is 20.6. The second kappa shape index (κ2) is 9.89. The zero-order valence-corrected chi connectivity index (χ0v) is 17.5. The molecule has 2 aromatic carbocycles. The Hall–Kier alpha value is -2.67. The minimum Gasteiger partial charge on any atom is -0.497 e. The summed E-state index contributed by atoms with van der Waals surface area (Å²) in [6.07, 6.45) is 3.32. The Bertz CT molecular complexity index is 970. The number of aryl methyl sites for hydroxylation is 1. The second-order valence-electron chi connectivity index (χ2n) is 7.38. The lowest BCUT2D eigenvalue weighted by Crippen LogP contribution is -2.44. The Morgan fingerprint density at radius 3 is 2.63 bits per heavy atom. The molecule has 1 aliphatic heterocycles. The number of fused-ring (bicyclic) bond motifs is 1. The van der Waals surface area contributed by atoms with Crippen LogP contribution in [0.3, 0.4) is 0 Å². The molecule has 3 aromatic rings. The normalized spacial score (nSPS) is 19.0. The van der Waals surface area contributed by atoms with E-state index in [0.29, 0.717) is 13.2 Å². The average molecular weight is 408 g/mol. The average Bonchev–Trinajstić information content (AvgIpc) is 2.81. The van der Waals surface area contributed by atoms with Gasteiger partial charge in [0.25, 0.3) is 0 Å². The van der Waals surface area contributed by atoms with Gasteiger partial charge in [0.05, 0.1) is 39.0 Å². The monoisotopic (exact) mass is 408 g/mol. The first-order valence-corrected chi connectivity index (χ1v) is 10.3. The van der Waals surface area contributed by atoms with E-state index in [9.17, 15) is 0 Å². The summed E-state index contributed by atoms with van der Waals surface area (Å²) in [4.78, 5) is 4.44. The van der Waals surface area contributed by atoms with Crippen molar-refractivity contribution in [2.45, 2.75) is 31.7 Å². The molecule has 2 heterocycles. The number of nitrogens with zero attached hydrogens (tertiary/aromatic N) is 1. The maximum absolute atomic E-state index is 5.96. The van der Waals surface area contributed by atoms with Crippen molar-refractivity contribution in [1.29, 1.82) is 0 Å². The fourth-order valence-corrected chi connectivity index (χ4v) is 3.73. The molecule has 1 fully saturated rings. The van der Waals surface area contributed by atoms with Gasteiger partial charge in [-0.05, 0) is 42.3 Å². The van der Waals surface area contributed by atoms with Crippen molar-refractivity contribution >= 4 is 10.9 Å². The van der Waals surface area contributed by atoms with Crippen LogP contribution in [-0.4, -0.2) is 44.7 Å². The zero-order chi connectivity index (χ0) is 20.8. The van der Waals surface area contributed by atoms with E-state index in [2.05, 4.69) is 22.4 Å². The van der Waals surface area contributed by atoms with Gasteiger partial charge in [-0.1, -0.05) is 18.2 Å². The Kier molecular flexibility index (Phi) is 6.79. The Labute approximate surface area is 177 Å². The highest BCUT2D eigenvalue weighted by Crippen LogP contribution is 2.24. The first-order chi connectivity index (χ1) is 14.8. The second-order valence-corrected chi connectivity index (χ2v) is 7.38. The third kappa shape index (κ3) is 4.90. The van der Waals surface area contributed by atoms with Gasteiger partial charge in [0.1, 0.15) is 11.5 Å². The fraction of sp³-hybridized carbons (Fsp3) is 0.375. The van der Waals surface area contributed by atoms with Gasteiger partial charge in [-0.25, -0.2) is 0 Å². The van der Waals surface area contributed by atoms with Crippen molar-refractivity contribution in [3.05, 3.63) is 65.9 Å². The SMILES string of the molecule is COc1ccc2nccc(CCC3OCC(NCc4ccccc4OC)CO3)c2c1. The molecule has 0 saturated carbocycles. The van der Waals surface area contributed by atoms with Gasteiger partial charge in [0.15, 0.2) is 6.29 Å². The number of nitrogens with one attached hydrogen (secondary N) is 1. The molecule has 30 heavy (non-hydrogen) atoms. The predicted molar refractivity (Wildman–Crippen MR) is 116 cm³/mol. The number of benzene rings is 2. The van der Waals surface area contributed by atoms with Crippen molar-refractivity contribution in [2.75, 3.05) is 27.4 Å². The number of para-hydroxylation sites is 1. The Balaban J connectivity index is 1.28. The standard InChI is InChI=1S/C24H28N2O4/c1-27-20-8-9-22-21(13-20)17(11-12-25-22)7-10-24-29-15-19(16-30-24)26-14-18-5-3-4-6-23(18)28-2/h3-6,8-9,11-13,19,24,26H,7,10,14-16H2,1-2H3. The molecule has 158 valence electrons. The summed E-state index contributed by atoms with van der Waals surface area (Å²) in [5.74, 6) is 1.73. The van der Waals surface area contributed by atoms with Gasteiger partial charge in [0, 0.05) is 30.1 Å². The molecular weight excluding hydrogens is 380 g/mol. The van der Waals surface area contributed by atoms with Crippen LogP contribution in [0.4, 0.5) is 0 Å².